The molecule has 0 bridgehead atoms. The van der Waals surface area contributed by atoms with Gasteiger partial charge in [0.15, 0.2) is 0 Å². The minimum atomic E-state index is -0.206. The molecule has 2 saturated heterocycles. The molecular formula is C26H33N3O3. The monoisotopic (exact) mass is 435 g/mol. The van der Waals surface area contributed by atoms with Crippen LogP contribution >= 0.6 is 0 Å². The first-order chi connectivity index (χ1) is 15.5. The van der Waals surface area contributed by atoms with Crippen molar-refractivity contribution < 1.29 is 14.3 Å². The van der Waals surface area contributed by atoms with E-state index < -0.39 is 0 Å². The quantitative estimate of drug-likeness (QED) is 0.755. The molecule has 2 aliphatic rings. The number of aromatic nitrogens is 1. The first-order valence-electron chi connectivity index (χ1n) is 11.6. The van der Waals surface area contributed by atoms with Gasteiger partial charge < -0.3 is 15.0 Å². The van der Waals surface area contributed by atoms with Crippen molar-refractivity contribution in [3.8, 4) is 0 Å². The highest BCUT2D eigenvalue weighted by atomic mass is 16.5. The topological polar surface area (TPSA) is 71.5 Å². The second kappa shape index (κ2) is 9.82. The largest absolute Gasteiger partial charge is 0.381 e. The van der Waals surface area contributed by atoms with Crippen LogP contribution in [0.2, 0.25) is 0 Å². The second-order valence-corrected chi connectivity index (χ2v) is 9.39. The van der Waals surface area contributed by atoms with Gasteiger partial charge in [-0.25, -0.2) is 0 Å². The summed E-state index contributed by atoms with van der Waals surface area (Å²) in [5.41, 5.74) is 2.85. The van der Waals surface area contributed by atoms with Crippen molar-refractivity contribution in [3.05, 3.63) is 65.5 Å². The smallest absolute Gasteiger partial charge is 0.253 e. The Labute approximate surface area is 190 Å². The van der Waals surface area contributed by atoms with Crippen LogP contribution in [-0.2, 0) is 16.0 Å². The third-order valence-corrected chi connectivity index (χ3v) is 7.03. The van der Waals surface area contributed by atoms with E-state index >= 15 is 0 Å². The molecular weight excluding hydrogens is 402 g/mol. The summed E-state index contributed by atoms with van der Waals surface area (Å²) < 4.78 is 5.60. The zero-order chi connectivity index (χ0) is 22.6. The molecule has 1 aromatic carbocycles. The fourth-order valence-corrected chi connectivity index (χ4v) is 4.96. The van der Waals surface area contributed by atoms with Crippen LogP contribution < -0.4 is 5.32 Å². The zero-order valence-electron chi connectivity index (χ0n) is 19.0. The fraction of sp³-hybridized carbons (Fsp3) is 0.500. The van der Waals surface area contributed by atoms with Gasteiger partial charge in [-0.05, 0) is 60.6 Å². The van der Waals surface area contributed by atoms with E-state index in [1.54, 1.807) is 12.4 Å². The molecule has 2 aliphatic heterocycles. The lowest BCUT2D eigenvalue weighted by molar-refractivity contribution is -0.129. The van der Waals surface area contributed by atoms with Crippen LogP contribution in [0.25, 0.3) is 0 Å². The average Bonchev–Trinajstić information content (AvgIpc) is 3.18. The maximum atomic E-state index is 13.3. The van der Waals surface area contributed by atoms with Crippen LogP contribution in [0.1, 0.15) is 54.1 Å². The lowest BCUT2D eigenvalue weighted by atomic mass is 9.71. The van der Waals surface area contributed by atoms with Crippen LogP contribution in [0.15, 0.2) is 48.8 Å². The molecule has 0 aliphatic carbocycles. The molecule has 0 saturated carbocycles. The van der Waals surface area contributed by atoms with Gasteiger partial charge in [0.2, 0.25) is 5.91 Å². The number of hydrogen-bond donors (Lipinski definition) is 1. The van der Waals surface area contributed by atoms with Gasteiger partial charge in [-0.1, -0.05) is 26.0 Å². The molecule has 1 spiro atoms. The maximum Gasteiger partial charge on any atom is 0.253 e. The summed E-state index contributed by atoms with van der Waals surface area (Å²) in [7, 11) is 0. The third kappa shape index (κ3) is 4.85. The Morgan fingerprint density at radius 3 is 2.47 bits per heavy atom. The number of carbonyl (C=O) groups excluding carboxylic acids is 2. The molecule has 0 radical (unpaired) electrons. The minimum absolute atomic E-state index is 0.0123. The molecule has 1 aromatic heterocycles. The summed E-state index contributed by atoms with van der Waals surface area (Å²) in [6.45, 7) is 7.23. The van der Waals surface area contributed by atoms with Crippen LogP contribution in [-0.4, -0.2) is 54.5 Å². The van der Waals surface area contributed by atoms with Crippen molar-refractivity contribution >= 4 is 11.8 Å². The van der Waals surface area contributed by atoms with Crippen molar-refractivity contribution in [2.45, 2.75) is 39.0 Å². The van der Waals surface area contributed by atoms with Gasteiger partial charge in [-0.2, -0.15) is 0 Å². The normalized spacial score (nSPS) is 20.0. The number of nitrogens with zero attached hydrogens (tertiary/aromatic N) is 2. The number of amides is 2. The van der Waals surface area contributed by atoms with Gasteiger partial charge in [-0.15, -0.1) is 0 Å². The summed E-state index contributed by atoms with van der Waals surface area (Å²) in [6.07, 6.45) is 5.92. The second-order valence-electron chi connectivity index (χ2n) is 9.39. The van der Waals surface area contributed by atoms with E-state index in [-0.39, 0.29) is 23.1 Å². The number of benzene rings is 1. The first-order valence-corrected chi connectivity index (χ1v) is 11.6. The number of pyridine rings is 1. The van der Waals surface area contributed by atoms with Crippen LogP contribution in [0, 0.1) is 11.3 Å². The van der Waals surface area contributed by atoms with E-state index in [1.807, 2.05) is 41.3 Å². The van der Waals surface area contributed by atoms with Gasteiger partial charge in [0.25, 0.3) is 5.91 Å². The molecule has 3 heterocycles. The van der Waals surface area contributed by atoms with Crippen molar-refractivity contribution in [1.82, 2.24) is 15.2 Å². The first kappa shape index (κ1) is 22.5. The SMILES string of the molecule is CC(C)c1ccc(C(=O)N2CC(C(=O)NCCc3ccncc3)C3(CCOCC3)C2)cc1. The van der Waals surface area contributed by atoms with E-state index in [2.05, 4.69) is 24.1 Å². The molecule has 1 atom stereocenters. The van der Waals surface area contributed by atoms with E-state index in [0.717, 1.165) is 24.8 Å². The average molecular weight is 436 g/mol. The third-order valence-electron chi connectivity index (χ3n) is 7.03. The highest BCUT2D eigenvalue weighted by Crippen LogP contribution is 2.44. The van der Waals surface area contributed by atoms with Crippen molar-refractivity contribution in [1.29, 1.82) is 0 Å². The lowest BCUT2D eigenvalue weighted by Crippen LogP contribution is -2.44. The van der Waals surface area contributed by atoms with Crippen LogP contribution in [0.5, 0.6) is 0 Å². The summed E-state index contributed by atoms with van der Waals surface area (Å²) in [5.74, 6) is 0.282. The minimum Gasteiger partial charge on any atom is -0.381 e. The summed E-state index contributed by atoms with van der Waals surface area (Å²) in [4.78, 5) is 32.4. The molecule has 2 amide bonds. The van der Waals surface area contributed by atoms with Gasteiger partial charge in [0, 0.05) is 56.2 Å². The van der Waals surface area contributed by atoms with E-state index in [9.17, 15) is 9.59 Å². The number of likely N-dealkylation sites (tertiary alicyclic amines) is 1. The van der Waals surface area contributed by atoms with Gasteiger partial charge >= 0.3 is 0 Å². The van der Waals surface area contributed by atoms with Crippen LogP contribution in [0.4, 0.5) is 0 Å². The predicted molar refractivity (Wildman–Crippen MR) is 123 cm³/mol. The summed E-state index contributed by atoms with van der Waals surface area (Å²) in [6, 6.07) is 11.8. The molecule has 6 heteroatoms. The van der Waals surface area contributed by atoms with Crippen molar-refractivity contribution in [2.75, 3.05) is 32.8 Å². The fourth-order valence-electron chi connectivity index (χ4n) is 4.96. The molecule has 32 heavy (non-hydrogen) atoms. The lowest BCUT2D eigenvalue weighted by Gasteiger charge is -2.37. The molecule has 1 unspecified atom stereocenters. The Hall–Kier alpha value is -2.73. The number of hydrogen-bond acceptors (Lipinski definition) is 4. The van der Waals surface area contributed by atoms with Crippen molar-refractivity contribution in [3.63, 3.8) is 0 Å². The predicted octanol–water partition coefficient (Wildman–Crippen LogP) is 3.43. The summed E-state index contributed by atoms with van der Waals surface area (Å²) >= 11 is 0. The standard InChI is InChI=1S/C26H33N3O3/c1-19(2)21-3-5-22(6-4-21)25(31)29-17-23(26(18-29)10-15-32-16-11-26)24(30)28-14-9-20-7-12-27-13-8-20/h3-8,12-13,19,23H,9-11,14-18H2,1-2H3,(H,28,30). The highest BCUT2D eigenvalue weighted by Gasteiger charge is 2.51. The van der Waals surface area contributed by atoms with Gasteiger partial charge in [0.1, 0.15) is 0 Å². The Morgan fingerprint density at radius 1 is 1.12 bits per heavy atom. The van der Waals surface area contributed by atoms with E-state index in [0.29, 0.717) is 44.3 Å². The van der Waals surface area contributed by atoms with Crippen molar-refractivity contribution in [2.24, 2.45) is 11.3 Å². The van der Waals surface area contributed by atoms with Crippen LogP contribution in [0.3, 0.4) is 0 Å². The van der Waals surface area contributed by atoms with E-state index in [4.69, 9.17) is 4.74 Å². The maximum absolute atomic E-state index is 13.3. The number of carbonyl (C=O) groups is 2. The van der Waals surface area contributed by atoms with Gasteiger partial charge in [0.05, 0.1) is 5.92 Å². The number of nitrogens with one attached hydrogen (secondary N) is 1. The molecule has 4 rings (SSSR count). The van der Waals surface area contributed by atoms with Gasteiger partial charge in [-0.3, -0.25) is 14.6 Å². The highest BCUT2D eigenvalue weighted by molar-refractivity contribution is 5.95. The number of rotatable bonds is 6. The Morgan fingerprint density at radius 2 is 1.81 bits per heavy atom. The molecule has 1 N–H and O–H groups in total. The Balaban J connectivity index is 1.44. The zero-order valence-corrected chi connectivity index (χ0v) is 19.0. The Bertz CT molecular complexity index is 921. The number of ether oxygens (including phenoxy) is 1. The van der Waals surface area contributed by atoms with E-state index in [1.165, 1.54) is 5.56 Å². The molecule has 2 aromatic rings. The summed E-state index contributed by atoms with van der Waals surface area (Å²) in [5, 5.41) is 3.13. The molecule has 170 valence electrons. The Kier molecular flexibility index (Phi) is 6.89. The molecule has 2 fully saturated rings. The molecule has 6 nitrogen and oxygen atoms in total.